The first-order valence-electron chi connectivity index (χ1n) is 5.63. The Kier molecular flexibility index (Phi) is 2.18. The number of nitrogens with one attached hydrogen (secondary N) is 1. The zero-order chi connectivity index (χ0) is 13.1. The lowest BCUT2D eigenvalue weighted by molar-refractivity contribution is -0.119. The van der Waals surface area contributed by atoms with Crippen molar-refractivity contribution in [2.45, 2.75) is 18.8 Å². The monoisotopic (exact) mass is 263 g/mol. The first-order chi connectivity index (χ1) is 8.47. The first kappa shape index (κ1) is 11.4. The van der Waals surface area contributed by atoms with Crippen molar-refractivity contribution in [3.8, 4) is 0 Å². The van der Waals surface area contributed by atoms with Crippen molar-refractivity contribution in [2.24, 2.45) is 0 Å². The van der Waals surface area contributed by atoms with Crippen LogP contribution in [0.3, 0.4) is 0 Å². The molecule has 18 heavy (non-hydrogen) atoms. The van der Waals surface area contributed by atoms with Gasteiger partial charge in [0.25, 0.3) is 0 Å². The van der Waals surface area contributed by atoms with Gasteiger partial charge in [0.15, 0.2) is 11.3 Å². The fourth-order valence-electron chi connectivity index (χ4n) is 2.75. The van der Waals surface area contributed by atoms with Crippen molar-refractivity contribution in [3.05, 3.63) is 29.8 Å². The summed E-state index contributed by atoms with van der Waals surface area (Å²) >= 11 is 5.15. The third-order valence-corrected chi connectivity index (χ3v) is 3.91. The molecular formula is C12H13N3O2S. The van der Waals surface area contributed by atoms with Gasteiger partial charge in [0.1, 0.15) is 0 Å². The van der Waals surface area contributed by atoms with Crippen molar-refractivity contribution in [3.63, 3.8) is 0 Å². The predicted molar refractivity (Wildman–Crippen MR) is 70.8 cm³/mol. The molecule has 2 heterocycles. The normalized spacial score (nSPS) is 29.1. The molecule has 0 unspecified atom stereocenters. The molecule has 2 aliphatic rings. The Hall–Kier alpha value is -1.66. The van der Waals surface area contributed by atoms with Gasteiger partial charge in [0, 0.05) is 19.5 Å². The molecule has 1 fully saturated rings. The fourth-order valence-corrected chi connectivity index (χ4v) is 3.01. The number of likely N-dealkylation sites (N-methyl/N-ethyl adjacent to an activating group) is 1. The molecule has 2 aliphatic heterocycles. The molecule has 6 heteroatoms. The van der Waals surface area contributed by atoms with Crippen LogP contribution in [0.5, 0.6) is 0 Å². The maximum absolute atomic E-state index is 11.9. The number of fused-ring (bicyclic) bond motifs is 3. The summed E-state index contributed by atoms with van der Waals surface area (Å²) in [6.07, 6.45) is -0.528. The number of amides is 1. The average molecular weight is 263 g/mol. The molecule has 1 saturated heterocycles. The highest BCUT2D eigenvalue weighted by Crippen LogP contribution is 2.45. The van der Waals surface area contributed by atoms with Crippen molar-refractivity contribution in [2.75, 3.05) is 11.9 Å². The standard InChI is InChI=1S/C12H13N3O2S/c1-7(16)15-9-6-4-3-5-8(9)12(17)10(15)14(2)11(18)13-12/h3-6,10,17H,1-2H3,(H,13,18)/t10-,12+/m1/s1. The first-order valence-corrected chi connectivity index (χ1v) is 6.04. The molecular weight excluding hydrogens is 250 g/mol. The van der Waals surface area contributed by atoms with Crippen LogP contribution in [0.4, 0.5) is 5.69 Å². The predicted octanol–water partition coefficient (Wildman–Crippen LogP) is 0.344. The topological polar surface area (TPSA) is 55.8 Å². The van der Waals surface area contributed by atoms with Gasteiger partial charge in [-0.15, -0.1) is 0 Å². The fraction of sp³-hybridized carbons (Fsp3) is 0.333. The highest BCUT2D eigenvalue weighted by molar-refractivity contribution is 7.80. The summed E-state index contributed by atoms with van der Waals surface area (Å²) in [6, 6.07) is 7.31. The Morgan fingerprint density at radius 1 is 1.50 bits per heavy atom. The van der Waals surface area contributed by atoms with Gasteiger partial charge in [-0.1, -0.05) is 18.2 Å². The van der Waals surface area contributed by atoms with Crippen LogP contribution in [-0.4, -0.2) is 34.2 Å². The summed E-state index contributed by atoms with van der Waals surface area (Å²) in [6.45, 7) is 1.48. The minimum atomic E-state index is -1.33. The summed E-state index contributed by atoms with van der Waals surface area (Å²) in [5, 5.41) is 14.1. The Morgan fingerprint density at radius 2 is 2.17 bits per heavy atom. The van der Waals surface area contributed by atoms with Crippen LogP contribution in [0.2, 0.25) is 0 Å². The number of hydrogen-bond donors (Lipinski definition) is 2. The van der Waals surface area contributed by atoms with E-state index in [1.165, 1.54) is 6.92 Å². The lowest BCUT2D eigenvalue weighted by atomic mass is 10.0. The average Bonchev–Trinajstić information content (AvgIpc) is 2.70. The summed E-state index contributed by atoms with van der Waals surface area (Å²) in [5.41, 5.74) is 0.0740. The summed E-state index contributed by atoms with van der Waals surface area (Å²) in [5.74, 6) is -0.123. The van der Waals surface area contributed by atoms with Crippen LogP contribution in [0.25, 0.3) is 0 Å². The van der Waals surface area contributed by atoms with Crippen molar-refractivity contribution >= 4 is 28.9 Å². The van der Waals surface area contributed by atoms with Gasteiger partial charge < -0.3 is 15.3 Å². The van der Waals surface area contributed by atoms with Crippen LogP contribution in [-0.2, 0) is 10.5 Å². The summed E-state index contributed by atoms with van der Waals surface area (Å²) < 4.78 is 0. The second kappa shape index (κ2) is 3.43. The number of benzene rings is 1. The largest absolute Gasteiger partial charge is 0.364 e. The number of hydrogen-bond acceptors (Lipinski definition) is 3. The zero-order valence-corrected chi connectivity index (χ0v) is 10.9. The lowest BCUT2D eigenvalue weighted by Crippen LogP contribution is -2.52. The van der Waals surface area contributed by atoms with E-state index in [4.69, 9.17) is 12.2 Å². The third kappa shape index (κ3) is 1.19. The van der Waals surface area contributed by atoms with Gasteiger partial charge in [-0.05, 0) is 18.3 Å². The molecule has 2 atom stereocenters. The number of carbonyl (C=O) groups is 1. The maximum atomic E-state index is 11.9. The number of thiocarbonyl (C=S) groups is 1. The maximum Gasteiger partial charge on any atom is 0.225 e. The highest BCUT2D eigenvalue weighted by atomic mass is 32.1. The molecule has 1 amide bonds. The smallest absolute Gasteiger partial charge is 0.225 e. The van der Waals surface area contributed by atoms with Crippen LogP contribution in [0, 0.1) is 0 Å². The molecule has 0 radical (unpaired) electrons. The lowest BCUT2D eigenvalue weighted by Gasteiger charge is -2.30. The minimum absolute atomic E-state index is 0.123. The molecule has 2 N–H and O–H groups in total. The molecule has 0 bridgehead atoms. The number of carbonyl (C=O) groups excluding carboxylic acids is 1. The number of anilines is 1. The van der Waals surface area contributed by atoms with Crippen LogP contribution in [0.1, 0.15) is 12.5 Å². The Bertz CT molecular complexity index is 562. The summed E-state index contributed by atoms with van der Waals surface area (Å²) in [7, 11) is 1.76. The Morgan fingerprint density at radius 3 is 2.83 bits per heavy atom. The Labute approximate surface area is 110 Å². The van der Waals surface area contributed by atoms with E-state index in [1.807, 2.05) is 18.2 Å². The second-order valence-electron chi connectivity index (χ2n) is 4.59. The van der Waals surface area contributed by atoms with E-state index in [9.17, 15) is 9.90 Å². The van der Waals surface area contributed by atoms with Gasteiger partial charge in [0.05, 0.1) is 5.69 Å². The van der Waals surface area contributed by atoms with Crippen LogP contribution in [0.15, 0.2) is 24.3 Å². The van der Waals surface area contributed by atoms with E-state index >= 15 is 0 Å². The molecule has 0 spiro atoms. The van der Waals surface area contributed by atoms with Gasteiger partial charge in [-0.25, -0.2) is 0 Å². The second-order valence-corrected chi connectivity index (χ2v) is 4.97. The van der Waals surface area contributed by atoms with Gasteiger partial charge in [-0.2, -0.15) is 0 Å². The van der Waals surface area contributed by atoms with Gasteiger partial charge in [-0.3, -0.25) is 9.69 Å². The minimum Gasteiger partial charge on any atom is -0.364 e. The molecule has 0 saturated carbocycles. The van der Waals surface area contributed by atoms with E-state index in [0.717, 1.165) is 5.69 Å². The third-order valence-electron chi connectivity index (χ3n) is 3.52. The molecule has 0 aromatic heterocycles. The molecule has 1 aromatic rings. The SMILES string of the molecule is CC(=O)N1c2ccccc2[C@@]2(O)NC(=S)N(C)[C@H]12. The van der Waals surface area contributed by atoms with Gasteiger partial charge in [0.2, 0.25) is 11.6 Å². The number of para-hydroxylation sites is 1. The van der Waals surface area contributed by atoms with E-state index in [2.05, 4.69) is 5.32 Å². The van der Waals surface area contributed by atoms with Crippen molar-refractivity contribution in [1.29, 1.82) is 0 Å². The van der Waals surface area contributed by atoms with E-state index < -0.39 is 11.9 Å². The quantitative estimate of drug-likeness (QED) is 0.661. The number of rotatable bonds is 0. The van der Waals surface area contributed by atoms with E-state index in [1.54, 1.807) is 22.9 Å². The number of aliphatic hydroxyl groups is 1. The Balaban J connectivity index is 2.24. The van der Waals surface area contributed by atoms with E-state index in [0.29, 0.717) is 10.7 Å². The molecule has 94 valence electrons. The molecule has 5 nitrogen and oxygen atoms in total. The van der Waals surface area contributed by atoms with Crippen molar-refractivity contribution < 1.29 is 9.90 Å². The number of nitrogens with zero attached hydrogens (tertiary/aromatic N) is 2. The molecule has 0 aliphatic carbocycles. The highest BCUT2D eigenvalue weighted by Gasteiger charge is 2.58. The van der Waals surface area contributed by atoms with Crippen LogP contribution < -0.4 is 10.2 Å². The van der Waals surface area contributed by atoms with E-state index in [-0.39, 0.29) is 5.91 Å². The van der Waals surface area contributed by atoms with Crippen molar-refractivity contribution in [1.82, 2.24) is 10.2 Å². The zero-order valence-electron chi connectivity index (χ0n) is 10.0. The molecule has 1 aromatic carbocycles. The summed E-state index contributed by atoms with van der Waals surface area (Å²) in [4.78, 5) is 15.1. The van der Waals surface area contributed by atoms with Crippen LogP contribution >= 0.6 is 12.2 Å². The van der Waals surface area contributed by atoms with Gasteiger partial charge >= 0.3 is 0 Å². The molecule has 3 rings (SSSR count).